The number of carbonyl (C=O) groups is 1. The number of phenols is 1. The predicted octanol–water partition coefficient (Wildman–Crippen LogP) is 2.92. The number of primary amides is 1. The summed E-state index contributed by atoms with van der Waals surface area (Å²) < 4.78 is 0. The lowest BCUT2D eigenvalue weighted by Crippen LogP contribution is -2.17. The van der Waals surface area contributed by atoms with E-state index in [0.717, 1.165) is 18.5 Å². The summed E-state index contributed by atoms with van der Waals surface area (Å²) >= 11 is 0. The second-order valence-corrected chi connectivity index (χ2v) is 5.20. The van der Waals surface area contributed by atoms with E-state index in [1.54, 1.807) is 24.3 Å². The molecule has 4 heteroatoms. The average molecular weight is 284 g/mol. The molecule has 1 amide bonds. The van der Waals surface area contributed by atoms with Crippen LogP contribution in [-0.4, -0.2) is 17.1 Å². The van der Waals surface area contributed by atoms with Gasteiger partial charge in [-0.3, -0.25) is 4.79 Å². The Morgan fingerprint density at radius 2 is 1.95 bits per heavy atom. The maximum absolute atomic E-state index is 11.2. The molecule has 0 aliphatic heterocycles. The molecule has 1 atom stereocenters. The molecule has 0 spiro atoms. The normalized spacial score (nSPS) is 11.9. The van der Waals surface area contributed by atoms with Crippen molar-refractivity contribution >= 4 is 11.6 Å². The van der Waals surface area contributed by atoms with Crippen molar-refractivity contribution in [3.05, 3.63) is 59.7 Å². The van der Waals surface area contributed by atoms with E-state index in [2.05, 4.69) is 12.2 Å². The Balaban J connectivity index is 1.89. The van der Waals surface area contributed by atoms with E-state index in [1.165, 1.54) is 5.56 Å². The van der Waals surface area contributed by atoms with Crippen LogP contribution >= 0.6 is 0 Å². The summed E-state index contributed by atoms with van der Waals surface area (Å²) in [5.74, 6) is -0.136. The van der Waals surface area contributed by atoms with Crippen LogP contribution in [0.15, 0.2) is 48.5 Å². The Hall–Kier alpha value is -2.49. The molecular formula is C17H20N2O2. The highest BCUT2D eigenvalue weighted by atomic mass is 16.3. The fourth-order valence-corrected chi connectivity index (χ4v) is 2.16. The molecule has 2 aromatic carbocycles. The lowest BCUT2D eigenvalue weighted by molar-refractivity contribution is 0.100. The number of nitrogens with one attached hydrogen (secondary N) is 1. The van der Waals surface area contributed by atoms with Gasteiger partial charge in [0.2, 0.25) is 5.91 Å². The van der Waals surface area contributed by atoms with Crippen LogP contribution in [0.25, 0.3) is 0 Å². The Morgan fingerprint density at radius 3 is 2.62 bits per heavy atom. The third kappa shape index (κ3) is 4.53. The van der Waals surface area contributed by atoms with Crippen molar-refractivity contribution in [3.8, 4) is 5.75 Å². The molecule has 1 unspecified atom stereocenters. The van der Waals surface area contributed by atoms with Gasteiger partial charge in [-0.2, -0.15) is 0 Å². The molecule has 21 heavy (non-hydrogen) atoms. The number of hydrogen-bond acceptors (Lipinski definition) is 3. The van der Waals surface area contributed by atoms with Crippen molar-refractivity contribution in [1.82, 2.24) is 0 Å². The molecule has 0 fully saturated rings. The van der Waals surface area contributed by atoms with E-state index in [9.17, 15) is 9.90 Å². The summed E-state index contributed by atoms with van der Waals surface area (Å²) in [7, 11) is 0. The number of aryl methyl sites for hydroxylation is 1. The van der Waals surface area contributed by atoms with Crippen LogP contribution in [0.1, 0.15) is 29.3 Å². The molecular weight excluding hydrogens is 264 g/mol. The summed E-state index contributed by atoms with van der Waals surface area (Å²) in [6.45, 7) is 2.09. The second-order valence-electron chi connectivity index (χ2n) is 5.20. The van der Waals surface area contributed by atoms with Crippen LogP contribution in [-0.2, 0) is 6.42 Å². The highest BCUT2D eigenvalue weighted by Crippen LogP contribution is 2.15. The third-order valence-electron chi connectivity index (χ3n) is 3.36. The van der Waals surface area contributed by atoms with E-state index in [-0.39, 0.29) is 11.8 Å². The van der Waals surface area contributed by atoms with Gasteiger partial charge in [-0.05, 0) is 55.7 Å². The maximum Gasteiger partial charge on any atom is 0.248 e. The van der Waals surface area contributed by atoms with Crippen LogP contribution in [0.4, 0.5) is 5.69 Å². The first-order chi connectivity index (χ1) is 10.0. The van der Waals surface area contributed by atoms with Gasteiger partial charge in [0.15, 0.2) is 0 Å². The standard InChI is InChI=1S/C17H20N2O2/c1-12(5-6-13-7-9-16(20)10-8-13)19-15-4-2-3-14(11-15)17(18)21/h2-4,7-12,19-20H,5-6H2,1H3,(H2,18,21). The van der Waals surface area contributed by atoms with Gasteiger partial charge in [0.1, 0.15) is 5.75 Å². The number of phenolic OH excluding ortho intramolecular Hbond substituents is 1. The molecule has 4 N–H and O–H groups in total. The Bertz CT molecular complexity index is 608. The summed E-state index contributed by atoms with van der Waals surface area (Å²) in [6, 6.07) is 14.7. The van der Waals surface area contributed by atoms with Crippen LogP contribution < -0.4 is 11.1 Å². The monoisotopic (exact) mass is 284 g/mol. The largest absolute Gasteiger partial charge is 0.508 e. The third-order valence-corrected chi connectivity index (χ3v) is 3.36. The van der Waals surface area contributed by atoms with Gasteiger partial charge in [-0.25, -0.2) is 0 Å². The van der Waals surface area contributed by atoms with Gasteiger partial charge >= 0.3 is 0 Å². The molecule has 0 aromatic heterocycles. The summed E-state index contributed by atoms with van der Waals surface area (Å²) in [5.41, 5.74) is 7.86. The zero-order valence-corrected chi connectivity index (χ0v) is 12.0. The first kappa shape index (κ1) is 14.9. The minimum Gasteiger partial charge on any atom is -0.508 e. The van der Waals surface area contributed by atoms with Crippen molar-refractivity contribution < 1.29 is 9.90 Å². The molecule has 0 aliphatic rings. The number of hydrogen-bond donors (Lipinski definition) is 3. The van der Waals surface area contributed by atoms with Crippen LogP contribution in [0.3, 0.4) is 0 Å². The van der Waals surface area contributed by atoms with Crippen molar-refractivity contribution in [3.63, 3.8) is 0 Å². The predicted molar refractivity (Wildman–Crippen MR) is 84.5 cm³/mol. The van der Waals surface area contributed by atoms with E-state index in [0.29, 0.717) is 5.56 Å². The topological polar surface area (TPSA) is 75.3 Å². The fourth-order valence-electron chi connectivity index (χ4n) is 2.16. The molecule has 0 bridgehead atoms. The van der Waals surface area contributed by atoms with Gasteiger partial charge in [-0.1, -0.05) is 18.2 Å². The lowest BCUT2D eigenvalue weighted by atomic mass is 10.1. The average Bonchev–Trinajstić information content (AvgIpc) is 2.47. The Morgan fingerprint density at radius 1 is 1.24 bits per heavy atom. The van der Waals surface area contributed by atoms with Gasteiger partial charge in [0, 0.05) is 17.3 Å². The SMILES string of the molecule is CC(CCc1ccc(O)cc1)Nc1cccc(C(N)=O)c1. The van der Waals surface area contributed by atoms with Gasteiger partial charge in [-0.15, -0.1) is 0 Å². The maximum atomic E-state index is 11.2. The van der Waals surface area contributed by atoms with Crippen LogP contribution in [0.2, 0.25) is 0 Å². The summed E-state index contributed by atoms with van der Waals surface area (Å²) in [4.78, 5) is 11.2. The Labute approximate surface area is 124 Å². The zero-order valence-electron chi connectivity index (χ0n) is 12.0. The number of carbonyl (C=O) groups excluding carboxylic acids is 1. The molecule has 110 valence electrons. The van der Waals surface area contributed by atoms with Crippen molar-refractivity contribution in [2.24, 2.45) is 5.73 Å². The number of benzene rings is 2. The lowest BCUT2D eigenvalue weighted by Gasteiger charge is -2.15. The minimum atomic E-state index is -0.421. The van der Waals surface area contributed by atoms with Gasteiger partial charge in [0.05, 0.1) is 0 Å². The van der Waals surface area contributed by atoms with E-state index in [4.69, 9.17) is 5.73 Å². The van der Waals surface area contributed by atoms with E-state index >= 15 is 0 Å². The highest BCUT2D eigenvalue weighted by molar-refractivity contribution is 5.93. The molecule has 2 aromatic rings. The van der Waals surface area contributed by atoms with Crippen LogP contribution in [0.5, 0.6) is 5.75 Å². The smallest absolute Gasteiger partial charge is 0.248 e. The number of rotatable bonds is 6. The van der Waals surface area contributed by atoms with Gasteiger partial charge < -0.3 is 16.2 Å². The number of anilines is 1. The van der Waals surface area contributed by atoms with Crippen molar-refractivity contribution in [1.29, 1.82) is 0 Å². The molecule has 0 heterocycles. The number of amides is 1. The Kier molecular flexibility index (Phi) is 4.82. The minimum absolute atomic E-state index is 0.266. The first-order valence-electron chi connectivity index (χ1n) is 6.99. The van der Waals surface area contributed by atoms with E-state index in [1.807, 2.05) is 24.3 Å². The molecule has 2 rings (SSSR count). The zero-order chi connectivity index (χ0) is 15.2. The molecule has 0 saturated heterocycles. The first-order valence-corrected chi connectivity index (χ1v) is 6.99. The molecule has 0 aliphatic carbocycles. The van der Waals surface area contributed by atoms with Crippen molar-refractivity contribution in [2.75, 3.05) is 5.32 Å². The fraction of sp³-hybridized carbons (Fsp3) is 0.235. The summed E-state index contributed by atoms with van der Waals surface area (Å²) in [6.07, 6.45) is 1.87. The summed E-state index contributed by atoms with van der Waals surface area (Å²) in [5, 5.41) is 12.6. The van der Waals surface area contributed by atoms with E-state index < -0.39 is 5.91 Å². The highest BCUT2D eigenvalue weighted by Gasteiger charge is 2.05. The molecule has 4 nitrogen and oxygen atoms in total. The number of aromatic hydroxyl groups is 1. The quantitative estimate of drug-likeness (QED) is 0.763. The van der Waals surface area contributed by atoms with Gasteiger partial charge in [0.25, 0.3) is 0 Å². The molecule has 0 radical (unpaired) electrons. The molecule has 0 saturated carbocycles. The van der Waals surface area contributed by atoms with Crippen LogP contribution in [0, 0.1) is 0 Å². The second kappa shape index (κ2) is 6.79. The van der Waals surface area contributed by atoms with Crippen molar-refractivity contribution in [2.45, 2.75) is 25.8 Å². The number of nitrogens with two attached hydrogens (primary N) is 1.